The van der Waals surface area contributed by atoms with E-state index in [0.717, 1.165) is 44.9 Å². The third-order valence-electron chi connectivity index (χ3n) is 7.99. The number of carbonyl (C=O) groups excluding carboxylic acids is 1. The van der Waals surface area contributed by atoms with Gasteiger partial charge in [0.1, 0.15) is 0 Å². The summed E-state index contributed by atoms with van der Waals surface area (Å²) < 4.78 is 27.1. The zero-order valence-electron chi connectivity index (χ0n) is 16.9. The van der Waals surface area contributed by atoms with Gasteiger partial charge in [0.25, 0.3) is 5.91 Å². The SMILES string of the molecule is O=C(N[C@H]1C2CC3CC1C[C@@](O)(C3)C2)c1cnc(NC2CC2)nc1C1CC(F)(F)C1. The summed E-state index contributed by atoms with van der Waals surface area (Å²) in [7, 11) is 0. The van der Waals surface area contributed by atoms with Crippen LogP contribution in [0, 0.1) is 17.8 Å². The molecule has 162 valence electrons. The molecule has 1 amide bonds. The van der Waals surface area contributed by atoms with Crippen molar-refractivity contribution < 1.29 is 18.7 Å². The Kier molecular flexibility index (Phi) is 4.00. The Hall–Kier alpha value is -1.83. The highest BCUT2D eigenvalue weighted by molar-refractivity contribution is 5.95. The predicted molar refractivity (Wildman–Crippen MR) is 105 cm³/mol. The molecule has 6 fully saturated rings. The van der Waals surface area contributed by atoms with Crippen molar-refractivity contribution in [3.05, 3.63) is 17.5 Å². The minimum atomic E-state index is -2.68. The van der Waals surface area contributed by atoms with Crippen LogP contribution in [0.4, 0.5) is 14.7 Å². The van der Waals surface area contributed by atoms with Gasteiger partial charge in [-0.2, -0.15) is 0 Å². The molecule has 7 rings (SSSR count). The van der Waals surface area contributed by atoms with E-state index in [2.05, 4.69) is 20.6 Å². The van der Waals surface area contributed by atoms with E-state index >= 15 is 0 Å². The maximum Gasteiger partial charge on any atom is 0.254 e. The van der Waals surface area contributed by atoms with E-state index in [-0.39, 0.29) is 24.8 Å². The van der Waals surface area contributed by atoms with Gasteiger partial charge in [-0.05, 0) is 62.7 Å². The van der Waals surface area contributed by atoms with Crippen LogP contribution in [0.25, 0.3) is 0 Å². The van der Waals surface area contributed by atoms with Gasteiger partial charge < -0.3 is 15.7 Å². The lowest BCUT2D eigenvalue weighted by molar-refractivity contribution is -0.136. The van der Waals surface area contributed by atoms with E-state index in [9.17, 15) is 18.7 Å². The van der Waals surface area contributed by atoms with Gasteiger partial charge in [-0.15, -0.1) is 0 Å². The Morgan fingerprint density at radius 3 is 2.40 bits per heavy atom. The second-order valence-corrected chi connectivity index (χ2v) is 10.6. The first-order chi connectivity index (χ1) is 14.3. The van der Waals surface area contributed by atoms with Gasteiger partial charge >= 0.3 is 0 Å². The Bertz CT molecular complexity index is 866. The molecule has 0 aliphatic heterocycles. The summed E-state index contributed by atoms with van der Waals surface area (Å²) >= 11 is 0. The summed E-state index contributed by atoms with van der Waals surface area (Å²) in [4.78, 5) is 22.0. The number of nitrogens with zero attached hydrogens (tertiary/aromatic N) is 2. The summed E-state index contributed by atoms with van der Waals surface area (Å²) in [5.74, 6) is -1.78. The van der Waals surface area contributed by atoms with Gasteiger partial charge in [-0.25, -0.2) is 18.7 Å². The van der Waals surface area contributed by atoms with Gasteiger partial charge in [0.05, 0.1) is 16.9 Å². The third-order valence-corrected chi connectivity index (χ3v) is 7.99. The van der Waals surface area contributed by atoms with Gasteiger partial charge in [0.2, 0.25) is 11.9 Å². The zero-order chi connectivity index (χ0) is 20.7. The maximum atomic E-state index is 13.5. The van der Waals surface area contributed by atoms with Gasteiger partial charge in [0, 0.05) is 37.0 Å². The molecule has 6 aliphatic rings. The van der Waals surface area contributed by atoms with Crippen molar-refractivity contribution in [2.24, 2.45) is 17.8 Å². The molecule has 0 radical (unpaired) electrons. The van der Waals surface area contributed by atoms with E-state index in [1.54, 1.807) is 0 Å². The van der Waals surface area contributed by atoms with Crippen LogP contribution in [0.5, 0.6) is 0 Å². The number of rotatable bonds is 5. The van der Waals surface area contributed by atoms with Crippen LogP contribution in [-0.2, 0) is 0 Å². The average Bonchev–Trinajstić information content (AvgIpc) is 3.45. The fourth-order valence-corrected chi connectivity index (χ4v) is 6.66. The van der Waals surface area contributed by atoms with Crippen molar-refractivity contribution in [1.29, 1.82) is 0 Å². The van der Waals surface area contributed by atoms with Crippen LogP contribution in [0.3, 0.4) is 0 Å². The number of hydrogen-bond acceptors (Lipinski definition) is 5. The van der Waals surface area contributed by atoms with Crippen LogP contribution in [0.15, 0.2) is 6.20 Å². The Balaban J connectivity index is 1.24. The van der Waals surface area contributed by atoms with E-state index < -0.39 is 17.4 Å². The maximum absolute atomic E-state index is 13.5. The molecule has 1 aromatic rings. The first-order valence-corrected chi connectivity index (χ1v) is 11.3. The summed E-state index contributed by atoms with van der Waals surface area (Å²) in [6.07, 6.45) is 7.55. The first-order valence-electron chi connectivity index (χ1n) is 11.3. The van der Waals surface area contributed by atoms with Gasteiger partial charge in [-0.1, -0.05) is 0 Å². The lowest BCUT2D eigenvalue weighted by atomic mass is 9.52. The second kappa shape index (κ2) is 6.34. The summed E-state index contributed by atoms with van der Waals surface area (Å²) in [5.41, 5.74) is 0.211. The monoisotopic (exact) mass is 418 g/mol. The van der Waals surface area contributed by atoms with Crippen LogP contribution in [-0.4, -0.2) is 44.6 Å². The molecular formula is C22H28F2N4O2. The number of alkyl halides is 2. The zero-order valence-corrected chi connectivity index (χ0v) is 16.9. The Labute approximate surface area is 174 Å². The van der Waals surface area contributed by atoms with Crippen molar-refractivity contribution in [2.75, 3.05) is 5.32 Å². The number of amides is 1. The summed E-state index contributed by atoms with van der Waals surface area (Å²) in [5, 5.41) is 17.2. The molecule has 2 unspecified atom stereocenters. The second-order valence-electron chi connectivity index (χ2n) is 10.6. The van der Waals surface area contributed by atoms with Gasteiger partial charge in [0.15, 0.2) is 0 Å². The number of aromatic nitrogens is 2. The fraction of sp³-hybridized carbons (Fsp3) is 0.773. The van der Waals surface area contributed by atoms with Crippen molar-refractivity contribution in [3.63, 3.8) is 0 Å². The number of halogens is 2. The van der Waals surface area contributed by atoms with E-state index in [1.807, 2.05) is 0 Å². The van der Waals surface area contributed by atoms with Crippen molar-refractivity contribution in [3.8, 4) is 0 Å². The van der Waals surface area contributed by atoms with Crippen LogP contribution < -0.4 is 10.6 Å². The molecule has 2 atom stereocenters. The molecule has 1 heterocycles. The van der Waals surface area contributed by atoms with E-state index in [1.165, 1.54) is 6.20 Å². The topological polar surface area (TPSA) is 87.1 Å². The molecule has 0 aromatic carbocycles. The molecule has 0 spiro atoms. The van der Waals surface area contributed by atoms with Crippen molar-refractivity contribution >= 4 is 11.9 Å². The normalized spacial score (nSPS) is 38.9. The predicted octanol–water partition coefficient (Wildman–Crippen LogP) is 3.23. The molecule has 0 saturated heterocycles. The first kappa shape index (κ1) is 18.9. The smallest absolute Gasteiger partial charge is 0.254 e. The summed E-state index contributed by atoms with van der Waals surface area (Å²) in [6, 6.07) is 0.383. The Morgan fingerprint density at radius 2 is 1.80 bits per heavy atom. The summed E-state index contributed by atoms with van der Waals surface area (Å²) in [6.45, 7) is 0. The highest BCUT2D eigenvalue weighted by Crippen LogP contribution is 2.56. The number of nitrogens with one attached hydrogen (secondary N) is 2. The molecule has 6 saturated carbocycles. The largest absolute Gasteiger partial charge is 0.390 e. The minimum absolute atomic E-state index is 0.0364. The molecule has 6 aliphatic carbocycles. The van der Waals surface area contributed by atoms with Crippen LogP contribution in [0.2, 0.25) is 0 Å². The molecule has 3 N–H and O–H groups in total. The van der Waals surface area contributed by atoms with Gasteiger partial charge in [-0.3, -0.25) is 4.79 Å². The highest BCUT2D eigenvalue weighted by atomic mass is 19.3. The number of anilines is 1. The lowest BCUT2D eigenvalue weighted by Crippen LogP contribution is -2.61. The number of aliphatic hydroxyl groups is 1. The molecule has 1 aromatic heterocycles. The average molecular weight is 418 g/mol. The minimum Gasteiger partial charge on any atom is -0.390 e. The molecular weight excluding hydrogens is 390 g/mol. The standard InChI is InChI=1S/C22H28F2N4O2/c23-22(24)8-14(9-22)18-16(10-25-20(28-18)26-15-1-2-15)19(29)27-17-12-3-11-4-13(17)7-21(30,5-11)6-12/h10-15,17,30H,1-9H2,(H,27,29)(H,25,26,28)/t11?,12?,13?,17-,21+. The third kappa shape index (κ3) is 3.27. The van der Waals surface area contributed by atoms with Crippen molar-refractivity contribution in [1.82, 2.24) is 15.3 Å². The highest BCUT2D eigenvalue weighted by Gasteiger charge is 2.55. The number of carbonyl (C=O) groups is 1. The fourth-order valence-electron chi connectivity index (χ4n) is 6.66. The van der Waals surface area contributed by atoms with E-state index in [4.69, 9.17) is 0 Å². The molecule has 6 nitrogen and oxygen atoms in total. The van der Waals surface area contributed by atoms with E-state index in [0.29, 0.717) is 41.0 Å². The molecule has 8 heteroatoms. The molecule has 4 bridgehead atoms. The number of hydrogen-bond donors (Lipinski definition) is 3. The Morgan fingerprint density at radius 1 is 1.10 bits per heavy atom. The quantitative estimate of drug-likeness (QED) is 0.683. The molecule has 30 heavy (non-hydrogen) atoms. The van der Waals surface area contributed by atoms with Crippen LogP contribution >= 0.6 is 0 Å². The van der Waals surface area contributed by atoms with Crippen LogP contribution in [0.1, 0.15) is 79.8 Å². The van der Waals surface area contributed by atoms with Crippen molar-refractivity contribution in [2.45, 2.75) is 87.3 Å². The lowest BCUT2D eigenvalue weighted by Gasteiger charge is -2.58.